The van der Waals surface area contributed by atoms with Crippen molar-refractivity contribution in [1.82, 2.24) is 5.32 Å². The van der Waals surface area contributed by atoms with Crippen LogP contribution in [0.1, 0.15) is 50.8 Å². The summed E-state index contributed by atoms with van der Waals surface area (Å²) in [7, 11) is 0. The number of nitrogens with zero attached hydrogens (tertiary/aromatic N) is 1. The number of carbonyl (C=O) groups is 2. The van der Waals surface area contributed by atoms with Crippen molar-refractivity contribution in [2.45, 2.75) is 52.1 Å². The predicted molar refractivity (Wildman–Crippen MR) is 139 cm³/mol. The van der Waals surface area contributed by atoms with Crippen molar-refractivity contribution in [1.29, 1.82) is 0 Å². The Hall–Kier alpha value is -3.44. The minimum absolute atomic E-state index is 0.0664. The Balaban J connectivity index is 1.58. The van der Waals surface area contributed by atoms with Crippen molar-refractivity contribution >= 4 is 23.2 Å². The number of aryl methyl sites for hydroxylation is 1. The largest absolute Gasteiger partial charge is 0.326 e. The van der Waals surface area contributed by atoms with Crippen molar-refractivity contribution in [3.05, 3.63) is 83.9 Å². The lowest BCUT2D eigenvalue weighted by Gasteiger charge is -2.39. The number of rotatable bonds is 7. The second-order valence-corrected chi connectivity index (χ2v) is 9.11. The van der Waals surface area contributed by atoms with Gasteiger partial charge >= 0.3 is 0 Å². The quantitative estimate of drug-likeness (QED) is 0.448. The van der Waals surface area contributed by atoms with E-state index in [4.69, 9.17) is 0 Å². The number of amides is 2. The lowest BCUT2D eigenvalue weighted by Crippen LogP contribution is -2.44. The number of carbonyl (C=O) groups excluding carboxylic acids is 2. The summed E-state index contributed by atoms with van der Waals surface area (Å²) in [5, 5.41) is 6.62. The summed E-state index contributed by atoms with van der Waals surface area (Å²) >= 11 is 0. The van der Waals surface area contributed by atoms with Crippen molar-refractivity contribution in [3.63, 3.8) is 0 Å². The zero-order valence-electron chi connectivity index (χ0n) is 20.2. The SMILES string of the molecule is CC(=O)Nc1cccc(-c2ccc3c(c2)[C@H](NCCCc2ccccc2)C[C@H](C)N3C(C)=O)c1. The fourth-order valence-electron chi connectivity index (χ4n) is 4.91. The molecule has 1 aliphatic rings. The van der Waals surface area contributed by atoms with Gasteiger partial charge in [0.25, 0.3) is 0 Å². The molecule has 1 heterocycles. The van der Waals surface area contributed by atoms with E-state index in [2.05, 4.69) is 60.0 Å². The third-order valence-electron chi connectivity index (χ3n) is 6.41. The molecule has 0 saturated heterocycles. The lowest BCUT2D eigenvalue weighted by molar-refractivity contribution is -0.117. The Morgan fingerprint density at radius 1 is 0.941 bits per heavy atom. The van der Waals surface area contributed by atoms with Gasteiger partial charge in [0.05, 0.1) is 0 Å². The summed E-state index contributed by atoms with van der Waals surface area (Å²) in [6.07, 6.45) is 2.96. The lowest BCUT2D eigenvalue weighted by atomic mass is 9.89. The van der Waals surface area contributed by atoms with E-state index in [1.54, 1.807) is 6.92 Å². The molecule has 0 aromatic heterocycles. The van der Waals surface area contributed by atoms with Gasteiger partial charge in [-0.15, -0.1) is 0 Å². The van der Waals surface area contributed by atoms with Crippen LogP contribution < -0.4 is 15.5 Å². The van der Waals surface area contributed by atoms with Crippen LogP contribution in [0.5, 0.6) is 0 Å². The zero-order valence-corrected chi connectivity index (χ0v) is 20.2. The van der Waals surface area contributed by atoms with Gasteiger partial charge in [0.2, 0.25) is 11.8 Å². The number of hydrogen-bond donors (Lipinski definition) is 2. The highest BCUT2D eigenvalue weighted by molar-refractivity contribution is 5.94. The van der Waals surface area contributed by atoms with Gasteiger partial charge in [0.1, 0.15) is 0 Å². The van der Waals surface area contributed by atoms with Gasteiger partial charge in [-0.1, -0.05) is 48.5 Å². The fourth-order valence-corrected chi connectivity index (χ4v) is 4.91. The average Bonchev–Trinajstić information content (AvgIpc) is 2.81. The van der Waals surface area contributed by atoms with Crippen molar-refractivity contribution < 1.29 is 9.59 Å². The van der Waals surface area contributed by atoms with E-state index in [0.717, 1.165) is 53.9 Å². The van der Waals surface area contributed by atoms with E-state index >= 15 is 0 Å². The monoisotopic (exact) mass is 455 g/mol. The van der Waals surface area contributed by atoms with Crippen LogP contribution in [0.4, 0.5) is 11.4 Å². The molecule has 0 radical (unpaired) electrons. The Morgan fingerprint density at radius 2 is 1.71 bits per heavy atom. The molecular formula is C29H33N3O2. The molecule has 3 aromatic rings. The van der Waals surface area contributed by atoms with Gasteiger partial charge in [0.15, 0.2) is 0 Å². The topological polar surface area (TPSA) is 61.4 Å². The smallest absolute Gasteiger partial charge is 0.224 e. The van der Waals surface area contributed by atoms with Crippen LogP contribution in [-0.2, 0) is 16.0 Å². The van der Waals surface area contributed by atoms with Gasteiger partial charge in [-0.2, -0.15) is 0 Å². The normalized spacial score (nSPS) is 17.2. The second-order valence-electron chi connectivity index (χ2n) is 9.11. The molecule has 34 heavy (non-hydrogen) atoms. The molecule has 5 nitrogen and oxygen atoms in total. The van der Waals surface area contributed by atoms with Crippen LogP contribution in [0.2, 0.25) is 0 Å². The van der Waals surface area contributed by atoms with Crippen LogP contribution in [0.25, 0.3) is 11.1 Å². The maximum atomic E-state index is 12.5. The molecule has 0 spiro atoms. The highest BCUT2D eigenvalue weighted by Crippen LogP contribution is 2.39. The molecule has 0 saturated carbocycles. The molecule has 0 aliphatic carbocycles. The van der Waals surface area contributed by atoms with Crippen LogP contribution in [0.3, 0.4) is 0 Å². The maximum Gasteiger partial charge on any atom is 0.224 e. The van der Waals surface area contributed by atoms with E-state index < -0.39 is 0 Å². The number of anilines is 2. The van der Waals surface area contributed by atoms with Crippen LogP contribution in [0.15, 0.2) is 72.8 Å². The summed E-state index contributed by atoms with van der Waals surface area (Å²) in [4.78, 5) is 25.9. The molecule has 2 N–H and O–H groups in total. The number of benzene rings is 3. The van der Waals surface area contributed by atoms with E-state index in [-0.39, 0.29) is 23.9 Å². The van der Waals surface area contributed by atoms with E-state index in [1.807, 2.05) is 35.2 Å². The number of fused-ring (bicyclic) bond motifs is 1. The van der Waals surface area contributed by atoms with Gasteiger partial charge < -0.3 is 15.5 Å². The van der Waals surface area contributed by atoms with Gasteiger partial charge in [-0.05, 0) is 79.3 Å². The number of nitrogens with one attached hydrogen (secondary N) is 2. The maximum absolute atomic E-state index is 12.5. The molecule has 2 atom stereocenters. The minimum atomic E-state index is -0.0894. The Morgan fingerprint density at radius 3 is 2.44 bits per heavy atom. The average molecular weight is 456 g/mol. The van der Waals surface area contributed by atoms with Crippen LogP contribution in [-0.4, -0.2) is 24.4 Å². The van der Waals surface area contributed by atoms with Crippen molar-refractivity contribution in [2.75, 3.05) is 16.8 Å². The number of hydrogen-bond acceptors (Lipinski definition) is 3. The first-order valence-corrected chi connectivity index (χ1v) is 12.0. The fraction of sp³-hybridized carbons (Fsp3) is 0.310. The molecular weight excluding hydrogens is 422 g/mol. The van der Waals surface area contributed by atoms with Gasteiger partial charge in [0, 0.05) is 37.3 Å². The molecule has 0 fully saturated rings. The zero-order chi connectivity index (χ0) is 24.1. The first kappa shape index (κ1) is 23.7. The van der Waals surface area contributed by atoms with E-state index in [1.165, 1.54) is 12.5 Å². The standard InChI is InChI=1S/C29H33N3O2/c1-20-17-28(30-16-8-11-23-9-5-4-6-10-23)27-19-25(14-15-29(27)32(20)22(3)34)24-12-7-13-26(18-24)31-21(2)33/h4-7,9-10,12-15,18-20,28,30H,8,11,16-17H2,1-3H3,(H,31,33)/t20-,28+/m0/s1. The van der Waals surface area contributed by atoms with E-state index in [9.17, 15) is 9.59 Å². The summed E-state index contributed by atoms with van der Waals surface area (Å²) in [6.45, 7) is 6.18. The van der Waals surface area contributed by atoms with Crippen molar-refractivity contribution in [3.8, 4) is 11.1 Å². The first-order valence-electron chi connectivity index (χ1n) is 12.0. The molecule has 0 unspecified atom stereocenters. The highest BCUT2D eigenvalue weighted by Gasteiger charge is 2.32. The first-order chi connectivity index (χ1) is 16.4. The summed E-state index contributed by atoms with van der Waals surface area (Å²) in [5.41, 5.74) is 6.36. The molecule has 2 amide bonds. The summed E-state index contributed by atoms with van der Waals surface area (Å²) in [6, 6.07) is 25.0. The predicted octanol–water partition coefficient (Wildman–Crippen LogP) is 5.72. The highest BCUT2D eigenvalue weighted by atomic mass is 16.2. The third kappa shape index (κ3) is 5.54. The molecule has 5 heteroatoms. The summed E-state index contributed by atoms with van der Waals surface area (Å²) < 4.78 is 0. The molecule has 0 bridgehead atoms. The molecule has 4 rings (SSSR count). The van der Waals surface area contributed by atoms with E-state index in [0.29, 0.717) is 0 Å². The molecule has 3 aromatic carbocycles. The van der Waals surface area contributed by atoms with Crippen LogP contribution in [0, 0.1) is 0 Å². The Bertz CT molecular complexity index is 1160. The molecule has 1 aliphatic heterocycles. The third-order valence-corrected chi connectivity index (χ3v) is 6.41. The molecule has 176 valence electrons. The Kier molecular flexibility index (Phi) is 7.43. The summed E-state index contributed by atoms with van der Waals surface area (Å²) in [5.74, 6) is -0.0230. The van der Waals surface area contributed by atoms with Gasteiger partial charge in [-0.25, -0.2) is 0 Å². The minimum Gasteiger partial charge on any atom is -0.326 e. The van der Waals surface area contributed by atoms with Gasteiger partial charge in [-0.3, -0.25) is 9.59 Å². The Labute approximate surface area is 202 Å². The van der Waals surface area contributed by atoms with Crippen LogP contribution >= 0.6 is 0 Å². The van der Waals surface area contributed by atoms with Crippen molar-refractivity contribution in [2.24, 2.45) is 0 Å². The second kappa shape index (κ2) is 10.7.